The number of aliphatic hydroxyl groups excluding tert-OH is 1. The number of para-hydroxylation sites is 1. The van der Waals surface area contributed by atoms with Gasteiger partial charge in [0.2, 0.25) is 0 Å². The molecule has 0 saturated heterocycles. The summed E-state index contributed by atoms with van der Waals surface area (Å²) in [4.78, 5) is 0. The number of hydrogen-bond donors (Lipinski definition) is 1. The maximum atomic E-state index is 10.0. The normalized spacial score (nSPS) is 30.2. The van der Waals surface area contributed by atoms with E-state index in [0.717, 1.165) is 17.7 Å². The molecule has 1 aromatic carbocycles. The minimum absolute atomic E-state index is 0.239. The lowest BCUT2D eigenvalue weighted by atomic mass is 9.78. The first-order valence-electron chi connectivity index (χ1n) is 5.78. The van der Waals surface area contributed by atoms with E-state index in [1.54, 1.807) is 0 Å². The van der Waals surface area contributed by atoms with Gasteiger partial charge in [0.05, 0.1) is 6.10 Å². The quantitative estimate of drug-likeness (QED) is 0.762. The smallest absolute Gasteiger partial charge is 0.125 e. The molecule has 80 valence electrons. The molecule has 0 bridgehead atoms. The molecule has 0 radical (unpaired) electrons. The second-order valence-electron chi connectivity index (χ2n) is 4.64. The average molecular weight is 204 g/mol. The van der Waals surface area contributed by atoms with E-state index in [0.29, 0.717) is 5.92 Å². The third-order valence-corrected chi connectivity index (χ3v) is 3.69. The van der Waals surface area contributed by atoms with E-state index in [2.05, 4.69) is 0 Å². The van der Waals surface area contributed by atoms with Gasteiger partial charge in [-0.3, -0.25) is 0 Å². The van der Waals surface area contributed by atoms with Crippen molar-refractivity contribution in [3.8, 4) is 5.75 Å². The van der Waals surface area contributed by atoms with Crippen LogP contribution in [0, 0.1) is 5.92 Å². The molecule has 1 heterocycles. The van der Waals surface area contributed by atoms with Gasteiger partial charge in [-0.05, 0) is 24.8 Å². The van der Waals surface area contributed by atoms with Crippen molar-refractivity contribution >= 4 is 0 Å². The summed E-state index contributed by atoms with van der Waals surface area (Å²) < 4.78 is 5.95. The molecule has 3 rings (SSSR count). The van der Waals surface area contributed by atoms with Crippen molar-refractivity contribution in [2.75, 3.05) is 0 Å². The van der Waals surface area contributed by atoms with E-state index >= 15 is 0 Å². The second kappa shape index (κ2) is 3.53. The van der Waals surface area contributed by atoms with Gasteiger partial charge in [-0.1, -0.05) is 24.6 Å². The first-order chi connectivity index (χ1) is 7.34. The predicted molar refractivity (Wildman–Crippen MR) is 57.8 cm³/mol. The van der Waals surface area contributed by atoms with Gasteiger partial charge >= 0.3 is 0 Å². The summed E-state index contributed by atoms with van der Waals surface area (Å²) in [7, 11) is 0. The van der Waals surface area contributed by atoms with Crippen LogP contribution in [0.5, 0.6) is 5.75 Å². The van der Waals surface area contributed by atoms with Gasteiger partial charge < -0.3 is 9.84 Å². The van der Waals surface area contributed by atoms with Crippen LogP contribution in [0.3, 0.4) is 0 Å². The van der Waals surface area contributed by atoms with Crippen molar-refractivity contribution in [3.63, 3.8) is 0 Å². The average Bonchev–Trinajstić information content (AvgIpc) is 2.15. The van der Waals surface area contributed by atoms with Gasteiger partial charge in [-0.2, -0.15) is 0 Å². The van der Waals surface area contributed by atoms with E-state index in [1.807, 2.05) is 24.3 Å². The third kappa shape index (κ3) is 1.53. The topological polar surface area (TPSA) is 29.5 Å². The molecule has 15 heavy (non-hydrogen) atoms. The maximum absolute atomic E-state index is 10.0. The Morgan fingerprint density at radius 1 is 1.20 bits per heavy atom. The van der Waals surface area contributed by atoms with E-state index in [-0.39, 0.29) is 12.2 Å². The van der Waals surface area contributed by atoms with Crippen LogP contribution in [0.1, 0.15) is 37.4 Å². The van der Waals surface area contributed by atoms with Crippen LogP contribution in [0.2, 0.25) is 0 Å². The summed E-state index contributed by atoms with van der Waals surface area (Å²) in [6.45, 7) is 0. The molecule has 2 unspecified atom stereocenters. The standard InChI is InChI=1S/C13H16O2/c14-11-8-13(9-4-3-5-9)15-12-7-2-1-6-10(11)12/h1-2,6-7,9,11,13-14H,3-5,8H2. The number of hydrogen-bond acceptors (Lipinski definition) is 2. The van der Waals surface area contributed by atoms with Gasteiger partial charge in [-0.25, -0.2) is 0 Å². The lowest BCUT2D eigenvalue weighted by Gasteiger charge is -2.38. The van der Waals surface area contributed by atoms with Crippen molar-refractivity contribution < 1.29 is 9.84 Å². The van der Waals surface area contributed by atoms with Crippen LogP contribution < -0.4 is 4.74 Å². The van der Waals surface area contributed by atoms with E-state index in [1.165, 1.54) is 19.3 Å². The molecule has 1 aliphatic carbocycles. The van der Waals surface area contributed by atoms with Crippen molar-refractivity contribution in [1.82, 2.24) is 0 Å². The molecule has 0 amide bonds. The summed E-state index contributed by atoms with van der Waals surface area (Å²) >= 11 is 0. The fraction of sp³-hybridized carbons (Fsp3) is 0.538. The van der Waals surface area contributed by atoms with Gasteiger partial charge in [0.25, 0.3) is 0 Å². The minimum atomic E-state index is -0.333. The zero-order valence-corrected chi connectivity index (χ0v) is 8.73. The monoisotopic (exact) mass is 204 g/mol. The van der Waals surface area contributed by atoms with Gasteiger partial charge in [0.15, 0.2) is 0 Å². The summed E-state index contributed by atoms with van der Waals surface area (Å²) in [5, 5.41) is 10.0. The highest BCUT2D eigenvalue weighted by molar-refractivity contribution is 5.37. The lowest BCUT2D eigenvalue weighted by molar-refractivity contribution is 0.0106. The zero-order valence-electron chi connectivity index (χ0n) is 8.73. The van der Waals surface area contributed by atoms with Crippen LogP contribution in [0.25, 0.3) is 0 Å². The van der Waals surface area contributed by atoms with E-state index in [4.69, 9.17) is 4.74 Å². The van der Waals surface area contributed by atoms with Gasteiger partial charge in [0.1, 0.15) is 11.9 Å². The molecule has 1 saturated carbocycles. The summed E-state index contributed by atoms with van der Waals surface area (Å²) in [5.74, 6) is 1.56. The Hall–Kier alpha value is -1.02. The second-order valence-corrected chi connectivity index (χ2v) is 4.64. The SMILES string of the molecule is OC1CC(C2CCC2)Oc2ccccc21. The number of rotatable bonds is 1. The largest absolute Gasteiger partial charge is 0.490 e. The summed E-state index contributed by atoms with van der Waals surface area (Å²) in [6.07, 6.45) is 4.52. The molecule has 1 aliphatic heterocycles. The zero-order chi connectivity index (χ0) is 10.3. The fourth-order valence-corrected chi connectivity index (χ4v) is 2.52. The molecule has 2 nitrogen and oxygen atoms in total. The highest BCUT2D eigenvalue weighted by atomic mass is 16.5. The van der Waals surface area contributed by atoms with Crippen molar-refractivity contribution in [1.29, 1.82) is 0 Å². The highest BCUT2D eigenvalue weighted by Gasteiger charge is 2.34. The van der Waals surface area contributed by atoms with Crippen molar-refractivity contribution in [2.45, 2.75) is 37.9 Å². The lowest BCUT2D eigenvalue weighted by Crippen LogP contribution is -2.36. The number of aliphatic hydroxyl groups is 1. The molecule has 1 aromatic rings. The maximum Gasteiger partial charge on any atom is 0.125 e. The molecule has 0 spiro atoms. The number of ether oxygens (including phenoxy) is 1. The predicted octanol–water partition coefficient (Wildman–Crippen LogP) is 2.67. The Morgan fingerprint density at radius 3 is 2.73 bits per heavy atom. The molecular formula is C13H16O2. The molecular weight excluding hydrogens is 188 g/mol. The molecule has 1 N–H and O–H groups in total. The fourth-order valence-electron chi connectivity index (χ4n) is 2.52. The van der Waals surface area contributed by atoms with Gasteiger partial charge in [-0.15, -0.1) is 0 Å². The number of benzene rings is 1. The highest BCUT2D eigenvalue weighted by Crippen LogP contribution is 2.41. The van der Waals surface area contributed by atoms with Crippen LogP contribution >= 0.6 is 0 Å². The van der Waals surface area contributed by atoms with Crippen LogP contribution in [0.4, 0.5) is 0 Å². The van der Waals surface area contributed by atoms with Crippen molar-refractivity contribution in [2.24, 2.45) is 5.92 Å². The Labute approximate surface area is 89.9 Å². The molecule has 0 aromatic heterocycles. The molecule has 2 atom stereocenters. The third-order valence-electron chi connectivity index (χ3n) is 3.69. The van der Waals surface area contributed by atoms with E-state index < -0.39 is 0 Å². The summed E-state index contributed by atoms with van der Waals surface area (Å²) in [6, 6.07) is 7.84. The van der Waals surface area contributed by atoms with Crippen molar-refractivity contribution in [3.05, 3.63) is 29.8 Å². The Bertz CT molecular complexity index is 357. The van der Waals surface area contributed by atoms with Crippen LogP contribution in [-0.4, -0.2) is 11.2 Å². The molecule has 1 fully saturated rings. The first-order valence-corrected chi connectivity index (χ1v) is 5.78. The molecule has 2 heteroatoms. The van der Waals surface area contributed by atoms with Crippen LogP contribution in [-0.2, 0) is 0 Å². The van der Waals surface area contributed by atoms with Crippen LogP contribution in [0.15, 0.2) is 24.3 Å². The van der Waals surface area contributed by atoms with Gasteiger partial charge in [0, 0.05) is 12.0 Å². The Balaban J connectivity index is 1.85. The number of fused-ring (bicyclic) bond motifs is 1. The Morgan fingerprint density at radius 2 is 2.00 bits per heavy atom. The molecule has 2 aliphatic rings. The minimum Gasteiger partial charge on any atom is -0.490 e. The Kier molecular flexibility index (Phi) is 2.17. The van der Waals surface area contributed by atoms with E-state index in [9.17, 15) is 5.11 Å². The summed E-state index contributed by atoms with van der Waals surface area (Å²) in [5.41, 5.74) is 0.952. The first kappa shape index (κ1) is 9.22.